The van der Waals surface area contributed by atoms with Crippen LogP contribution in [0, 0.1) is 5.92 Å². The van der Waals surface area contributed by atoms with Crippen LogP contribution in [0.2, 0.25) is 0 Å². The number of halogens is 1. The summed E-state index contributed by atoms with van der Waals surface area (Å²) in [5, 5.41) is 15.3. The maximum Gasteiger partial charge on any atom is 0.191 e. The largest absolute Gasteiger partial charge is 0.376 e. The van der Waals surface area contributed by atoms with Crippen molar-refractivity contribution < 1.29 is 4.74 Å². The predicted octanol–water partition coefficient (Wildman–Crippen LogP) is 2.68. The zero-order chi connectivity index (χ0) is 21.2. The maximum atomic E-state index is 5.85. The Morgan fingerprint density at radius 3 is 2.81 bits per heavy atom. The molecule has 3 heterocycles. The number of ether oxygens (including phenoxy) is 1. The summed E-state index contributed by atoms with van der Waals surface area (Å²) in [4.78, 5) is 7.45. The number of rotatable bonds is 10. The third-order valence-corrected chi connectivity index (χ3v) is 6.32. The van der Waals surface area contributed by atoms with Crippen molar-refractivity contribution in [3.05, 3.63) is 12.2 Å². The molecule has 2 atom stereocenters. The molecule has 2 fully saturated rings. The molecule has 1 aromatic rings. The highest BCUT2D eigenvalue weighted by molar-refractivity contribution is 14.0. The van der Waals surface area contributed by atoms with E-state index in [1.54, 1.807) is 6.33 Å². The number of aliphatic imine (C=N–C) groups is 1. The fourth-order valence-electron chi connectivity index (χ4n) is 4.26. The summed E-state index contributed by atoms with van der Waals surface area (Å²) < 4.78 is 7.95. The number of guanidine groups is 1. The van der Waals surface area contributed by atoms with Gasteiger partial charge in [-0.05, 0) is 64.6 Å². The minimum absolute atomic E-state index is 0. The average Bonchev–Trinajstić information content (AvgIpc) is 3.44. The maximum absolute atomic E-state index is 5.85. The number of aryl methyl sites for hydroxylation is 1. The van der Waals surface area contributed by atoms with Gasteiger partial charge in [-0.2, -0.15) is 0 Å². The number of nitrogens with one attached hydrogen (secondary N) is 2. The van der Waals surface area contributed by atoms with Gasteiger partial charge in [0.25, 0.3) is 0 Å². The lowest BCUT2D eigenvalue weighted by atomic mass is 9.99. The van der Waals surface area contributed by atoms with E-state index in [0.717, 1.165) is 76.2 Å². The molecular formula is C22H42IN7O. The molecule has 0 bridgehead atoms. The van der Waals surface area contributed by atoms with E-state index in [2.05, 4.69) is 51.1 Å². The Hall–Kier alpha value is -0.940. The number of piperidine rings is 1. The highest BCUT2D eigenvalue weighted by Gasteiger charge is 2.23. The molecule has 1 aromatic heterocycles. The van der Waals surface area contributed by atoms with Gasteiger partial charge in [-0.25, -0.2) is 0 Å². The summed E-state index contributed by atoms with van der Waals surface area (Å²) >= 11 is 0. The Morgan fingerprint density at radius 1 is 1.29 bits per heavy atom. The second-order valence-corrected chi connectivity index (χ2v) is 8.81. The molecule has 2 saturated heterocycles. The minimum atomic E-state index is 0. The van der Waals surface area contributed by atoms with Gasteiger partial charge >= 0.3 is 0 Å². The lowest BCUT2D eigenvalue weighted by molar-refractivity contribution is 0.0890. The third kappa shape index (κ3) is 8.84. The van der Waals surface area contributed by atoms with E-state index >= 15 is 0 Å². The van der Waals surface area contributed by atoms with Crippen molar-refractivity contribution in [2.75, 3.05) is 39.3 Å². The van der Waals surface area contributed by atoms with E-state index < -0.39 is 0 Å². The zero-order valence-electron chi connectivity index (χ0n) is 19.6. The third-order valence-electron chi connectivity index (χ3n) is 6.32. The van der Waals surface area contributed by atoms with Gasteiger partial charge in [0.15, 0.2) is 5.96 Å². The van der Waals surface area contributed by atoms with E-state index in [1.807, 2.05) is 0 Å². The zero-order valence-corrected chi connectivity index (χ0v) is 21.9. The van der Waals surface area contributed by atoms with Crippen molar-refractivity contribution in [3.8, 4) is 0 Å². The number of likely N-dealkylation sites (tertiary alicyclic amines) is 1. The van der Waals surface area contributed by atoms with Crippen LogP contribution < -0.4 is 10.6 Å². The number of aromatic nitrogens is 3. The van der Waals surface area contributed by atoms with Crippen LogP contribution in [0.1, 0.15) is 58.7 Å². The first kappa shape index (κ1) is 26.3. The van der Waals surface area contributed by atoms with Gasteiger partial charge in [-0.1, -0.05) is 13.8 Å². The molecule has 8 nitrogen and oxygen atoms in total. The van der Waals surface area contributed by atoms with E-state index in [-0.39, 0.29) is 36.1 Å². The molecule has 2 aliphatic rings. The molecule has 2 aliphatic heterocycles. The molecule has 0 radical (unpaired) electrons. The molecule has 9 heteroatoms. The summed E-state index contributed by atoms with van der Waals surface area (Å²) in [5.74, 6) is 2.79. The van der Waals surface area contributed by atoms with Crippen LogP contribution in [0.4, 0.5) is 0 Å². The van der Waals surface area contributed by atoms with Gasteiger partial charge in [0, 0.05) is 32.7 Å². The van der Waals surface area contributed by atoms with Crippen LogP contribution in [-0.2, 0) is 17.7 Å². The van der Waals surface area contributed by atoms with E-state index in [1.165, 1.54) is 25.9 Å². The van der Waals surface area contributed by atoms with Gasteiger partial charge in [0.2, 0.25) is 0 Å². The Morgan fingerprint density at radius 2 is 2.10 bits per heavy atom. The lowest BCUT2D eigenvalue weighted by Gasteiger charge is -2.29. The predicted molar refractivity (Wildman–Crippen MR) is 136 cm³/mol. The number of nitrogens with zero attached hydrogens (tertiary/aromatic N) is 5. The van der Waals surface area contributed by atoms with Crippen molar-refractivity contribution in [2.24, 2.45) is 10.9 Å². The normalized spacial score (nSPS) is 21.6. The molecule has 0 saturated carbocycles. The Labute approximate surface area is 205 Å². The van der Waals surface area contributed by atoms with Crippen molar-refractivity contribution in [3.63, 3.8) is 0 Å². The van der Waals surface area contributed by atoms with Gasteiger partial charge < -0.3 is 24.8 Å². The molecule has 3 rings (SSSR count). The fourth-order valence-corrected chi connectivity index (χ4v) is 4.26. The van der Waals surface area contributed by atoms with Crippen LogP contribution in [0.25, 0.3) is 0 Å². The summed E-state index contributed by atoms with van der Waals surface area (Å²) in [6, 6.07) is 0.253. The van der Waals surface area contributed by atoms with Gasteiger partial charge in [0.1, 0.15) is 12.2 Å². The highest BCUT2D eigenvalue weighted by atomic mass is 127. The van der Waals surface area contributed by atoms with E-state index in [4.69, 9.17) is 9.73 Å². The summed E-state index contributed by atoms with van der Waals surface area (Å²) in [7, 11) is 0. The second kappa shape index (κ2) is 14.3. The van der Waals surface area contributed by atoms with Crippen molar-refractivity contribution in [1.29, 1.82) is 0 Å². The number of hydrogen-bond donors (Lipinski definition) is 2. The average molecular weight is 548 g/mol. The van der Waals surface area contributed by atoms with Crippen LogP contribution in [0.15, 0.2) is 11.3 Å². The first-order chi connectivity index (χ1) is 14.7. The quantitative estimate of drug-likeness (QED) is 0.203. The summed E-state index contributed by atoms with van der Waals surface area (Å²) in [6.45, 7) is 13.6. The van der Waals surface area contributed by atoms with Crippen LogP contribution in [0.3, 0.4) is 0 Å². The molecule has 0 aliphatic carbocycles. The standard InChI is InChI=1S/C22H41N7O.HI/c1-4-21-27-25-17-29(21)15-11-24-22(26-19(3)20-7-5-16-30-20)23-10-6-12-28-13-8-18(2)9-14-28;/h17-20H,4-16H2,1-3H3,(H2,23,24,26);1H. The monoisotopic (exact) mass is 547 g/mol. The summed E-state index contributed by atoms with van der Waals surface area (Å²) in [5.41, 5.74) is 0. The van der Waals surface area contributed by atoms with Gasteiger partial charge in [0.05, 0.1) is 12.1 Å². The SMILES string of the molecule is CCc1nncn1CCNC(=NCCCN1CCC(C)CC1)NC(C)C1CCCO1.I. The van der Waals surface area contributed by atoms with E-state index in [0.29, 0.717) is 0 Å². The Balaban J connectivity index is 0.00000341. The smallest absolute Gasteiger partial charge is 0.191 e. The second-order valence-electron chi connectivity index (χ2n) is 8.81. The van der Waals surface area contributed by atoms with Crippen molar-refractivity contribution in [2.45, 2.75) is 78.0 Å². The first-order valence-electron chi connectivity index (χ1n) is 11.9. The molecule has 0 spiro atoms. The topological polar surface area (TPSA) is 79.6 Å². The molecular weight excluding hydrogens is 505 g/mol. The van der Waals surface area contributed by atoms with Crippen molar-refractivity contribution in [1.82, 2.24) is 30.3 Å². The van der Waals surface area contributed by atoms with Crippen LogP contribution >= 0.6 is 24.0 Å². The van der Waals surface area contributed by atoms with Crippen molar-refractivity contribution >= 4 is 29.9 Å². The van der Waals surface area contributed by atoms with Crippen LogP contribution in [-0.4, -0.2) is 77.1 Å². The highest BCUT2D eigenvalue weighted by Crippen LogP contribution is 2.16. The summed E-state index contributed by atoms with van der Waals surface area (Å²) in [6.07, 6.45) is 9.01. The van der Waals surface area contributed by atoms with E-state index in [9.17, 15) is 0 Å². The molecule has 2 N–H and O–H groups in total. The Bertz CT molecular complexity index is 640. The fraction of sp³-hybridized carbons (Fsp3) is 0.864. The number of hydrogen-bond acceptors (Lipinski definition) is 5. The minimum Gasteiger partial charge on any atom is -0.376 e. The molecule has 2 unspecified atom stereocenters. The first-order valence-corrected chi connectivity index (χ1v) is 11.9. The lowest BCUT2D eigenvalue weighted by Crippen LogP contribution is -2.47. The van der Waals surface area contributed by atoms with Crippen LogP contribution in [0.5, 0.6) is 0 Å². The molecule has 178 valence electrons. The molecule has 0 aromatic carbocycles. The molecule has 0 amide bonds. The van der Waals surface area contributed by atoms with Gasteiger partial charge in [-0.15, -0.1) is 34.2 Å². The Kier molecular flexibility index (Phi) is 12.1. The molecule has 31 heavy (non-hydrogen) atoms. The van der Waals surface area contributed by atoms with Gasteiger partial charge in [-0.3, -0.25) is 4.99 Å².